The summed E-state index contributed by atoms with van der Waals surface area (Å²) >= 11 is 2.70. The van der Waals surface area contributed by atoms with Gasteiger partial charge in [-0.1, -0.05) is 42.1 Å². The van der Waals surface area contributed by atoms with E-state index in [0.717, 1.165) is 16.8 Å². The number of carbonyl (C=O) groups is 2. The van der Waals surface area contributed by atoms with E-state index in [1.165, 1.54) is 23.1 Å². The van der Waals surface area contributed by atoms with Crippen LogP contribution in [0.4, 0.5) is 5.13 Å². The molecule has 2 aromatic heterocycles. The number of esters is 1. The van der Waals surface area contributed by atoms with Gasteiger partial charge in [0.05, 0.1) is 11.3 Å². The number of para-hydroxylation sites is 2. The van der Waals surface area contributed by atoms with Gasteiger partial charge in [0.2, 0.25) is 0 Å². The molecule has 0 fully saturated rings. The highest BCUT2D eigenvalue weighted by Gasteiger charge is 2.16. The Hall–Kier alpha value is -3.17. The van der Waals surface area contributed by atoms with Crippen LogP contribution in [0.1, 0.15) is 21.6 Å². The smallest absolute Gasteiger partial charge is 0.338 e. The molecule has 0 aliphatic rings. The van der Waals surface area contributed by atoms with Crippen LogP contribution in [0.2, 0.25) is 0 Å². The van der Waals surface area contributed by atoms with Crippen molar-refractivity contribution in [3.63, 3.8) is 0 Å². The summed E-state index contributed by atoms with van der Waals surface area (Å²) in [6.45, 7) is 1.45. The third-order valence-corrected chi connectivity index (χ3v) is 5.81. The standard InChI is InChI=1S/C21H17N3O4S2/c1-13-11-29-20(22-13)24-18(25)10-27-19(26)15-7-3-2-6-14(15)12-30-21-23-16-8-4-5-9-17(16)28-21/h2-9,11H,10,12H2,1H3,(H,22,24,25). The van der Waals surface area contributed by atoms with Crippen LogP contribution in [0.3, 0.4) is 0 Å². The molecule has 30 heavy (non-hydrogen) atoms. The molecular formula is C21H17N3O4S2. The van der Waals surface area contributed by atoms with Crippen LogP contribution in [0, 0.1) is 6.92 Å². The zero-order chi connectivity index (χ0) is 20.9. The second kappa shape index (κ2) is 9.10. The van der Waals surface area contributed by atoms with E-state index in [0.29, 0.717) is 27.3 Å². The molecule has 0 unspecified atom stereocenters. The van der Waals surface area contributed by atoms with E-state index >= 15 is 0 Å². The number of hydrogen-bond donors (Lipinski definition) is 1. The molecule has 1 amide bonds. The van der Waals surface area contributed by atoms with Crippen molar-refractivity contribution in [2.75, 3.05) is 11.9 Å². The quantitative estimate of drug-likeness (QED) is 0.330. The van der Waals surface area contributed by atoms with Crippen LogP contribution < -0.4 is 5.32 Å². The minimum atomic E-state index is -0.561. The number of ether oxygens (including phenoxy) is 1. The summed E-state index contributed by atoms with van der Waals surface area (Å²) in [5.41, 5.74) is 3.49. The fourth-order valence-corrected chi connectivity index (χ4v) is 4.22. The minimum Gasteiger partial charge on any atom is -0.452 e. The van der Waals surface area contributed by atoms with Gasteiger partial charge in [-0.2, -0.15) is 0 Å². The average molecular weight is 440 g/mol. The molecule has 0 atom stereocenters. The normalized spacial score (nSPS) is 10.8. The third kappa shape index (κ3) is 4.87. The lowest BCUT2D eigenvalue weighted by molar-refractivity contribution is -0.119. The SMILES string of the molecule is Cc1csc(NC(=O)COC(=O)c2ccccc2CSc2nc3ccccc3o2)n1. The molecule has 7 nitrogen and oxygen atoms in total. The van der Waals surface area contributed by atoms with Crippen molar-refractivity contribution in [3.05, 3.63) is 70.7 Å². The number of thiazole rings is 1. The Kier molecular flexibility index (Phi) is 6.10. The van der Waals surface area contributed by atoms with Crippen molar-refractivity contribution >= 4 is 51.2 Å². The lowest BCUT2D eigenvalue weighted by Gasteiger charge is -2.08. The summed E-state index contributed by atoms with van der Waals surface area (Å²) in [6, 6.07) is 14.6. The molecule has 9 heteroatoms. The maximum absolute atomic E-state index is 12.5. The molecule has 0 bridgehead atoms. The summed E-state index contributed by atoms with van der Waals surface area (Å²) in [5.74, 6) is -0.520. The fourth-order valence-electron chi connectivity index (χ4n) is 2.67. The van der Waals surface area contributed by atoms with Crippen molar-refractivity contribution in [1.29, 1.82) is 0 Å². The molecular weight excluding hydrogens is 422 g/mol. The molecule has 0 aliphatic carbocycles. The number of thioether (sulfide) groups is 1. The van der Waals surface area contributed by atoms with Crippen molar-refractivity contribution in [3.8, 4) is 0 Å². The summed E-state index contributed by atoms with van der Waals surface area (Å²) in [7, 11) is 0. The Labute approximate surface area is 180 Å². The first-order chi connectivity index (χ1) is 14.6. The molecule has 152 valence electrons. The van der Waals surface area contributed by atoms with Gasteiger partial charge in [0.15, 0.2) is 17.3 Å². The van der Waals surface area contributed by atoms with E-state index in [1.54, 1.807) is 12.1 Å². The van der Waals surface area contributed by atoms with E-state index in [1.807, 2.05) is 48.7 Å². The zero-order valence-electron chi connectivity index (χ0n) is 16.0. The van der Waals surface area contributed by atoms with Crippen LogP contribution in [-0.2, 0) is 15.3 Å². The van der Waals surface area contributed by atoms with Gasteiger partial charge in [0.1, 0.15) is 5.52 Å². The highest BCUT2D eigenvalue weighted by atomic mass is 32.2. The summed E-state index contributed by atoms with van der Waals surface area (Å²) < 4.78 is 10.9. The molecule has 0 radical (unpaired) electrons. The van der Waals surface area contributed by atoms with Crippen molar-refractivity contribution in [2.24, 2.45) is 0 Å². The van der Waals surface area contributed by atoms with E-state index in [9.17, 15) is 9.59 Å². The van der Waals surface area contributed by atoms with E-state index in [2.05, 4.69) is 15.3 Å². The Morgan fingerprint density at radius 1 is 1.13 bits per heavy atom. The largest absolute Gasteiger partial charge is 0.452 e. The number of aromatic nitrogens is 2. The summed E-state index contributed by atoms with van der Waals surface area (Å²) in [6.07, 6.45) is 0. The molecule has 2 heterocycles. The third-order valence-electron chi connectivity index (χ3n) is 4.06. The number of nitrogens with one attached hydrogen (secondary N) is 1. The molecule has 4 rings (SSSR count). The fraction of sp³-hybridized carbons (Fsp3) is 0.143. The van der Waals surface area contributed by atoms with Crippen molar-refractivity contribution in [1.82, 2.24) is 9.97 Å². The Morgan fingerprint density at radius 2 is 1.93 bits per heavy atom. The summed E-state index contributed by atoms with van der Waals surface area (Å²) in [5, 5.41) is 5.44. The molecule has 0 aliphatic heterocycles. The van der Waals surface area contributed by atoms with Gasteiger partial charge in [-0.25, -0.2) is 14.8 Å². The lowest BCUT2D eigenvalue weighted by Crippen LogP contribution is -2.21. The van der Waals surface area contributed by atoms with Crippen molar-refractivity contribution in [2.45, 2.75) is 17.9 Å². The van der Waals surface area contributed by atoms with E-state index < -0.39 is 11.9 Å². The van der Waals surface area contributed by atoms with Gasteiger partial charge < -0.3 is 9.15 Å². The number of hydrogen-bond acceptors (Lipinski definition) is 8. The summed E-state index contributed by atoms with van der Waals surface area (Å²) in [4.78, 5) is 33.1. The first kappa shape index (κ1) is 20.1. The van der Waals surface area contributed by atoms with Gasteiger partial charge in [-0.3, -0.25) is 10.1 Å². The number of aryl methyl sites for hydroxylation is 1. The minimum absolute atomic E-state index is 0.385. The number of rotatable bonds is 7. The van der Waals surface area contributed by atoms with E-state index in [4.69, 9.17) is 9.15 Å². The first-order valence-corrected chi connectivity index (χ1v) is 10.9. The van der Waals surface area contributed by atoms with E-state index in [-0.39, 0.29) is 6.61 Å². The molecule has 0 spiro atoms. The second-order valence-corrected chi connectivity index (χ2v) is 8.10. The predicted octanol–water partition coefficient (Wildman–Crippen LogP) is 4.68. The van der Waals surface area contributed by atoms with Crippen LogP contribution in [-0.4, -0.2) is 28.5 Å². The molecule has 0 saturated heterocycles. The Balaban J connectivity index is 1.37. The maximum Gasteiger partial charge on any atom is 0.338 e. The Bertz CT molecular complexity index is 1170. The van der Waals surface area contributed by atoms with Crippen LogP contribution in [0.25, 0.3) is 11.1 Å². The number of carbonyl (C=O) groups excluding carboxylic acids is 2. The zero-order valence-corrected chi connectivity index (χ0v) is 17.6. The van der Waals surface area contributed by atoms with Gasteiger partial charge in [0.25, 0.3) is 11.1 Å². The first-order valence-electron chi connectivity index (χ1n) is 9.04. The van der Waals surface area contributed by atoms with Crippen LogP contribution in [0.15, 0.2) is 63.6 Å². The highest BCUT2D eigenvalue weighted by Crippen LogP contribution is 2.27. The maximum atomic E-state index is 12.5. The molecule has 1 N–H and O–H groups in total. The Morgan fingerprint density at radius 3 is 2.73 bits per heavy atom. The van der Waals surface area contributed by atoms with Gasteiger partial charge in [-0.05, 0) is 30.7 Å². The number of anilines is 1. The average Bonchev–Trinajstić information content (AvgIpc) is 3.36. The molecule has 4 aromatic rings. The molecule has 2 aromatic carbocycles. The number of amides is 1. The second-order valence-electron chi connectivity index (χ2n) is 6.31. The highest BCUT2D eigenvalue weighted by molar-refractivity contribution is 7.98. The number of fused-ring (bicyclic) bond motifs is 1. The van der Waals surface area contributed by atoms with Crippen molar-refractivity contribution < 1.29 is 18.7 Å². The monoisotopic (exact) mass is 439 g/mol. The topological polar surface area (TPSA) is 94.3 Å². The molecule has 0 saturated carbocycles. The predicted molar refractivity (Wildman–Crippen MR) is 116 cm³/mol. The lowest BCUT2D eigenvalue weighted by atomic mass is 10.1. The number of benzene rings is 2. The van der Waals surface area contributed by atoms with Crippen LogP contribution >= 0.6 is 23.1 Å². The van der Waals surface area contributed by atoms with Crippen LogP contribution in [0.5, 0.6) is 0 Å². The number of oxazole rings is 1. The van der Waals surface area contributed by atoms with Gasteiger partial charge in [0, 0.05) is 11.1 Å². The van der Waals surface area contributed by atoms with Gasteiger partial charge in [-0.15, -0.1) is 11.3 Å². The van der Waals surface area contributed by atoms with Gasteiger partial charge >= 0.3 is 5.97 Å². The number of nitrogens with zero attached hydrogens (tertiary/aromatic N) is 2.